The Morgan fingerprint density at radius 3 is 3.00 bits per heavy atom. The van der Waals surface area contributed by atoms with Crippen molar-refractivity contribution in [1.29, 1.82) is 0 Å². The number of pyridine rings is 1. The van der Waals surface area contributed by atoms with Crippen LogP contribution in [0.5, 0.6) is 0 Å². The number of nitrogens with one attached hydrogen (secondary N) is 1. The van der Waals surface area contributed by atoms with Gasteiger partial charge in [-0.1, -0.05) is 0 Å². The van der Waals surface area contributed by atoms with E-state index in [9.17, 15) is 9.18 Å². The summed E-state index contributed by atoms with van der Waals surface area (Å²) in [6, 6.07) is 2.62. The molecule has 0 fully saturated rings. The summed E-state index contributed by atoms with van der Waals surface area (Å²) in [4.78, 5) is 14.8. The summed E-state index contributed by atoms with van der Waals surface area (Å²) >= 11 is 0. The van der Waals surface area contributed by atoms with Crippen LogP contribution < -0.4 is 14.9 Å². The van der Waals surface area contributed by atoms with Crippen molar-refractivity contribution in [3.05, 3.63) is 24.1 Å². The number of anilines is 1. The molecule has 0 saturated heterocycles. The first-order valence-electron chi connectivity index (χ1n) is 3.24. The fraction of sp³-hybridized carbons (Fsp3) is 0.143. The summed E-state index contributed by atoms with van der Waals surface area (Å²) in [5, 5.41) is 2.34. The van der Waals surface area contributed by atoms with Gasteiger partial charge in [-0.3, -0.25) is 4.79 Å². The highest BCUT2D eigenvalue weighted by atomic mass is 19.1. The standard InChI is InChI=1S/C7H7FN2O2/c1-12-10-4-6(8)2-3-7(10)9-5-11/h2-5H,1H3/p+1. The number of rotatable bonds is 3. The first kappa shape index (κ1) is 8.45. The van der Waals surface area contributed by atoms with E-state index in [0.717, 1.165) is 10.9 Å². The van der Waals surface area contributed by atoms with Crippen LogP contribution >= 0.6 is 0 Å². The molecule has 0 bridgehead atoms. The maximum absolute atomic E-state index is 12.6. The number of amides is 1. The van der Waals surface area contributed by atoms with Crippen molar-refractivity contribution < 1.29 is 18.8 Å². The van der Waals surface area contributed by atoms with Crippen molar-refractivity contribution in [1.82, 2.24) is 0 Å². The van der Waals surface area contributed by atoms with Gasteiger partial charge in [0.05, 0.1) is 0 Å². The molecule has 1 heterocycles. The van der Waals surface area contributed by atoms with Crippen molar-refractivity contribution >= 4 is 12.2 Å². The van der Waals surface area contributed by atoms with Gasteiger partial charge < -0.3 is 4.84 Å². The zero-order valence-electron chi connectivity index (χ0n) is 6.45. The molecule has 0 aromatic carbocycles. The van der Waals surface area contributed by atoms with Crippen LogP contribution in [0, 0.1) is 5.82 Å². The van der Waals surface area contributed by atoms with Crippen LogP contribution in [0.1, 0.15) is 0 Å². The van der Waals surface area contributed by atoms with Gasteiger partial charge in [0.15, 0.2) is 12.0 Å². The average molecular weight is 171 g/mol. The number of aromatic nitrogens is 1. The van der Waals surface area contributed by atoms with Crippen LogP contribution in [0.3, 0.4) is 0 Å². The summed E-state index contributed by atoms with van der Waals surface area (Å²) < 4.78 is 13.7. The number of hydrogen-bond acceptors (Lipinski definition) is 2. The van der Waals surface area contributed by atoms with E-state index in [0.29, 0.717) is 12.2 Å². The van der Waals surface area contributed by atoms with Crippen molar-refractivity contribution in [3.63, 3.8) is 0 Å². The summed E-state index contributed by atoms with van der Waals surface area (Å²) in [5.41, 5.74) is 0. The molecule has 12 heavy (non-hydrogen) atoms. The molecule has 0 aliphatic carbocycles. The van der Waals surface area contributed by atoms with Gasteiger partial charge in [0.2, 0.25) is 0 Å². The van der Waals surface area contributed by atoms with Gasteiger partial charge in [-0.05, 0) is 10.8 Å². The molecule has 4 nitrogen and oxygen atoms in total. The molecule has 1 rings (SSSR count). The summed E-state index contributed by atoms with van der Waals surface area (Å²) in [7, 11) is 1.37. The van der Waals surface area contributed by atoms with E-state index in [2.05, 4.69) is 5.32 Å². The lowest BCUT2D eigenvalue weighted by Gasteiger charge is -1.99. The van der Waals surface area contributed by atoms with E-state index < -0.39 is 5.82 Å². The molecule has 1 amide bonds. The third-order valence-electron chi connectivity index (χ3n) is 1.28. The van der Waals surface area contributed by atoms with Crippen molar-refractivity contribution in [2.75, 3.05) is 12.4 Å². The second-order valence-electron chi connectivity index (χ2n) is 2.00. The zero-order valence-corrected chi connectivity index (χ0v) is 6.45. The number of hydrogen-bond donors (Lipinski definition) is 1. The van der Waals surface area contributed by atoms with Gasteiger partial charge in [0.25, 0.3) is 6.41 Å². The molecule has 1 aromatic rings. The van der Waals surface area contributed by atoms with Crippen LogP contribution in [0.4, 0.5) is 10.2 Å². The van der Waals surface area contributed by atoms with Gasteiger partial charge in [-0.2, -0.15) is 0 Å². The van der Waals surface area contributed by atoms with Gasteiger partial charge in [0.1, 0.15) is 7.11 Å². The number of halogens is 1. The monoisotopic (exact) mass is 171 g/mol. The van der Waals surface area contributed by atoms with E-state index in [1.807, 2.05) is 0 Å². The Morgan fingerprint density at radius 2 is 2.42 bits per heavy atom. The van der Waals surface area contributed by atoms with Gasteiger partial charge >= 0.3 is 5.82 Å². The summed E-state index contributed by atoms with van der Waals surface area (Å²) in [6.07, 6.45) is 1.61. The van der Waals surface area contributed by atoms with E-state index >= 15 is 0 Å². The van der Waals surface area contributed by atoms with Crippen molar-refractivity contribution in [2.24, 2.45) is 0 Å². The Morgan fingerprint density at radius 1 is 1.67 bits per heavy atom. The Balaban J connectivity index is 3.01. The molecule has 0 aliphatic rings. The highest BCUT2D eigenvalue weighted by Gasteiger charge is 2.08. The third-order valence-corrected chi connectivity index (χ3v) is 1.28. The first-order chi connectivity index (χ1) is 5.77. The molecule has 0 radical (unpaired) electrons. The molecular weight excluding hydrogens is 163 g/mol. The largest absolute Gasteiger partial charge is 0.339 e. The highest BCUT2D eigenvalue weighted by Crippen LogP contribution is 1.98. The normalized spacial score (nSPS) is 9.17. The molecule has 0 atom stereocenters. The summed E-state index contributed by atoms with van der Waals surface area (Å²) in [5.74, 6) is -0.0674. The Kier molecular flexibility index (Phi) is 2.57. The number of carbonyl (C=O) groups excluding carboxylic acids is 1. The first-order valence-corrected chi connectivity index (χ1v) is 3.24. The van der Waals surface area contributed by atoms with Crippen molar-refractivity contribution in [2.45, 2.75) is 0 Å². The third kappa shape index (κ3) is 1.69. The molecule has 0 saturated carbocycles. The Labute approximate surface area is 68.5 Å². The maximum atomic E-state index is 12.6. The Bertz CT molecular complexity index is 291. The highest BCUT2D eigenvalue weighted by molar-refractivity contribution is 5.66. The van der Waals surface area contributed by atoms with E-state index in [1.165, 1.54) is 19.2 Å². The number of nitrogens with zero attached hydrogens (tertiary/aromatic N) is 1. The molecular formula is C7H8FN2O2+. The molecule has 5 heteroatoms. The van der Waals surface area contributed by atoms with Gasteiger partial charge in [0, 0.05) is 6.07 Å². The minimum Gasteiger partial charge on any atom is -0.339 e. The Hall–Kier alpha value is -1.65. The van der Waals surface area contributed by atoms with Crippen LogP contribution in [0.15, 0.2) is 18.3 Å². The molecule has 64 valence electrons. The molecule has 0 unspecified atom stereocenters. The molecule has 0 aliphatic heterocycles. The molecule has 0 spiro atoms. The van der Waals surface area contributed by atoms with Crippen LogP contribution in [0.2, 0.25) is 0 Å². The molecule has 1 N–H and O–H groups in total. The van der Waals surface area contributed by atoms with E-state index in [4.69, 9.17) is 4.84 Å². The van der Waals surface area contributed by atoms with E-state index in [1.54, 1.807) is 0 Å². The second-order valence-corrected chi connectivity index (χ2v) is 2.00. The minimum absolute atomic E-state index is 0.369. The van der Waals surface area contributed by atoms with Crippen LogP contribution in [0.25, 0.3) is 0 Å². The van der Waals surface area contributed by atoms with Crippen LogP contribution in [-0.4, -0.2) is 13.5 Å². The van der Waals surface area contributed by atoms with E-state index in [-0.39, 0.29) is 0 Å². The fourth-order valence-corrected chi connectivity index (χ4v) is 0.780. The number of carbonyl (C=O) groups is 1. The maximum Gasteiger partial charge on any atom is 0.321 e. The minimum atomic E-state index is -0.437. The lowest BCUT2D eigenvalue weighted by Crippen LogP contribution is -2.43. The SMILES string of the molecule is CO[n+]1cc(F)ccc1NC=O. The topological polar surface area (TPSA) is 42.2 Å². The van der Waals surface area contributed by atoms with Crippen LogP contribution in [-0.2, 0) is 4.79 Å². The summed E-state index contributed by atoms with van der Waals surface area (Å²) in [6.45, 7) is 0. The van der Waals surface area contributed by atoms with Gasteiger partial charge in [-0.15, -0.1) is 0 Å². The second kappa shape index (κ2) is 3.66. The quantitative estimate of drug-likeness (QED) is 0.503. The fourth-order valence-electron chi connectivity index (χ4n) is 0.780. The predicted molar refractivity (Wildman–Crippen MR) is 38.8 cm³/mol. The van der Waals surface area contributed by atoms with Gasteiger partial charge in [-0.25, -0.2) is 9.71 Å². The smallest absolute Gasteiger partial charge is 0.321 e. The molecule has 1 aromatic heterocycles. The predicted octanol–water partition coefficient (Wildman–Crippen LogP) is -0.260. The lowest BCUT2D eigenvalue weighted by molar-refractivity contribution is -0.875. The zero-order chi connectivity index (χ0) is 8.97. The average Bonchev–Trinajstić information content (AvgIpc) is 2.08. The lowest BCUT2D eigenvalue weighted by atomic mass is 10.4. The van der Waals surface area contributed by atoms with Crippen molar-refractivity contribution in [3.8, 4) is 0 Å².